The standard InChI is InChI=1S/C32H57N7O3/c1-31(2,41)21-25(10-5-3-4-6-16-37-30(34)35)22-36-15-9-19-42-28-20-26(33)11-12-27(28)29(40)38-23-32(13-14-32)24-39-17-7-8-18-39/h11-12,20,25,36,41H,3-10,13-19,21-24,33H2,1-2H3,(H,38,40)(H4,34,35,37). The van der Waals surface area contributed by atoms with Crippen LogP contribution in [0, 0.1) is 11.3 Å². The quantitative estimate of drug-likeness (QED) is 0.0552. The summed E-state index contributed by atoms with van der Waals surface area (Å²) in [6.07, 6.45) is 11.9. The van der Waals surface area contributed by atoms with Gasteiger partial charge in [0, 0.05) is 36.8 Å². The molecule has 9 N–H and O–H groups in total. The number of aliphatic imine (C=N–C) groups is 1. The molecule has 1 saturated heterocycles. The molecule has 1 aliphatic heterocycles. The number of guanidine groups is 1. The van der Waals surface area contributed by atoms with Crippen LogP contribution in [0.3, 0.4) is 0 Å². The second-order valence-corrected chi connectivity index (χ2v) is 13.2. The zero-order chi connectivity index (χ0) is 30.4. The van der Waals surface area contributed by atoms with E-state index in [2.05, 4.69) is 20.5 Å². The minimum atomic E-state index is -0.694. The van der Waals surface area contributed by atoms with Gasteiger partial charge in [-0.25, -0.2) is 0 Å². The van der Waals surface area contributed by atoms with Gasteiger partial charge in [0.1, 0.15) is 5.75 Å². The SMILES string of the molecule is CC(C)(O)CC(CCCCCCN=C(N)N)CNCCCOc1cc(N)ccc1C(=O)NCC1(CN2CCCC2)CC1. The number of likely N-dealkylation sites (tertiary alicyclic amines) is 1. The van der Waals surface area contributed by atoms with Crippen molar-refractivity contribution >= 4 is 17.6 Å². The summed E-state index contributed by atoms with van der Waals surface area (Å²) in [6.45, 7) is 10.7. The number of carbonyl (C=O) groups is 1. The zero-order valence-corrected chi connectivity index (χ0v) is 26.1. The fourth-order valence-electron chi connectivity index (χ4n) is 5.97. The Morgan fingerprint density at radius 1 is 1.14 bits per heavy atom. The summed E-state index contributed by atoms with van der Waals surface area (Å²) in [5.41, 5.74) is 17.4. The molecule has 1 aliphatic carbocycles. The van der Waals surface area contributed by atoms with Gasteiger partial charge in [-0.3, -0.25) is 9.79 Å². The molecule has 3 rings (SSSR count). The molecular weight excluding hydrogens is 530 g/mol. The Morgan fingerprint density at radius 2 is 1.88 bits per heavy atom. The lowest BCUT2D eigenvalue weighted by Gasteiger charge is -2.25. The highest BCUT2D eigenvalue weighted by molar-refractivity contribution is 5.97. The van der Waals surface area contributed by atoms with E-state index in [1.165, 1.54) is 38.8 Å². The first kappa shape index (κ1) is 33.9. The molecule has 1 aromatic rings. The van der Waals surface area contributed by atoms with Gasteiger partial charge in [0.05, 0.1) is 17.8 Å². The molecule has 10 heteroatoms. The Bertz CT molecular complexity index is 981. The summed E-state index contributed by atoms with van der Waals surface area (Å²) in [5.74, 6) is 0.992. The fourth-order valence-corrected chi connectivity index (χ4v) is 5.97. The van der Waals surface area contributed by atoms with Gasteiger partial charge in [-0.05, 0) is 109 Å². The molecular formula is C32H57N7O3. The largest absolute Gasteiger partial charge is 0.493 e. The Morgan fingerprint density at radius 3 is 2.57 bits per heavy atom. The number of unbranched alkanes of at least 4 members (excludes halogenated alkanes) is 3. The third kappa shape index (κ3) is 13.2. The molecule has 2 fully saturated rings. The molecule has 1 aromatic carbocycles. The second kappa shape index (κ2) is 16.9. The van der Waals surface area contributed by atoms with Crippen LogP contribution >= 0.6 is 0 Å². The molecule has 238 valence electrons. The van der Waals surface area contributed by atoms with E-state index in [4.69, 9.17) is 21.9 Å². The lowest BCUT2D eigenvalue weighted by molar-refractivity contribution is 0.0504. The number of benzene rings is 1. The molecule has 1 amide bonds. The summed E-state index contributed by atoms with van der Waals surface area (Å²) in [6, 6.07) is 5.27. The topological polar surface area (TPSA) is 164 Å². The first-order chi connectivity index (χ1) is 20.1. The van der Waals surface area contributed by atoms with Gasteiger partial charge < -0.3 is 42.6 Å². The summed E-state index contributed by atoms with van der Waals surface area (Å²) in [5, 5.41) is 17.1. The van der Waals surface area contributed by atoms with Crippen LogP contribution in [0.25, 0.3) is 0 Å². The van der Waals surface area contributed by atoms with Gasteiger partial charge in [0.2, 0.25) is 0 Å². The number of anilines is 1. The Kier molecular flexibility index (Phi) is 13.7. The number of nitrogens with two attached hydrogens (primary N) is 3. The number of ether oxygens (including phenoxy) is 1. The van der Waals surface area contributed by atoms with Crippen molar-refractivity contribution in [2.75, 3.05) is 58.2 Å². The Labute approximate surface area is 253 Å². The zero-order valence-electron chi connectivity index (χ0n) is 26.1. The van der Waals surface area contributed by atoms with Crippen LogP contribution in [0.2, 0.25) is 0 Å². The van der Waals surface area contributed by atoms with Crippen LogP contribution in [0.5, 0.6) is 5.75 Å². The maximum Gasteiger partial charge on any atom is 0.255 e. The molecule has 1 saturated carbocycles. The fraction of sp³-hybridized carbons (Fsp3) is 0.750. The third-order valence-electron chi connectivity index (χ3n) is 8.38. The van der Waals surface area contributed by atoms with Gasteiger partial charge in [-0.1, -0.05) is 19.3 Å². The number of hydrogen-bond acceptors (Lipinski definition) is 7. The molecule has 1 atom stereocenters. The van der Waals surface area contributed by atoms with Crippen molar-refractivity contribution in [3.05, 3.63) is 23.8 Å². The predicted molar refractivity (Wildman–Crippen MR) is 172 cm³/mol. The van der Waals surface area contributed by atoms with E-state index in [9.17, 15) is 9.90 Å². The van der Waals surface area contributed by atoms with Gasteiger partial charge in [0.15, 0.2) is 5.96 Å². The lowest BCUT2D eigenvalue weighted by atomic mass is 9.89. The predicted octanol–water partition coefficient (Wildman–Crippen LogP) is 3.23. The van der Waals surface area contributed by atoms with Crippen molar-refractivity contribution in [2.24, 2.45) is 27.8 Å². The van der Waals surface area contributed by atoms with E-state index in [1.807, 2.05) is 13.8 Å². The lowest BCUT2D eigenvalue weighted by Crippen LogP contribution is -2.37. The van der Waals surface area contributed by atoms with E-state index >= 15 is 0 Å². The van der Waals surface area contributed by atoms with Crippen LogP contribution in [0.4, 0.5) is 5.69 Å². The second-order valence-electron chi connectivity index (χ2n) is 13.2. The summed E-state index contributed by atoms with van der Waals surface area (Å²) in [7, 11) is 0. The van der Waals surface area contributed by atoms with Crippen molar-refractivity contribution in [3.8, 4) is 5.75 Å². The molecule has 2 aliphatic rings. The normalized spacial score (nSPS) is 17.1. The van der Waals surface area contributed by atoms with Crippen molar-refractivity contribution < 1.29 is 14.6 Å². The van der Waals surface area contributed by atoms with Gasteiger partial charge >= 0.3 is 0 Å². The summed E-state index contributed by atoms with van der Waals surface area (Å²) in [4.78, 5) is 19.7. The average molecular weight is 588 g/mol. The molecule has 1 unspecified atom stereocenters. The van der Waals surface area contributed by atoms with Crippen molar-refractivity contribution in [2.45, 2.75) is 90.1 Å². The summed E-state index contributed by atoms with van der Waals surface area (Å²) < 4.78 is 6.05. The molecule has 0 aromatic heterocycles. The highest BCUT2D eigenvalue weighted by atomic mass is 16.5. The number of amides is 1. The molecule has 0 bridgehead atoms. The Balaban J connectivity index is 1.36. The first-order valence-corrected chi connectivity index (χ1v) is 16.1. The highest BCUT2D eigenvalue weighted by Crippen LogP contribution is 2.46. The van der Waals surface area contributed by atoms with Crippen LogP contribution in [0.1, 0.15) is 94.8 Å². The van der Waals surface area contributed by atoms with E-state index in [0.717, 1.165) is 64.6 Å². The van der Waals surface area contributed by atoms with Gasteiger partial charge in [0.25, 0.3) is 5.91 Å². The number of carbonyl (C=O) groups excluding carboxylic acids is 1. The van der Waals surface area contributed by atoms with Crippen molar-refractivity contribution in [1.82, 2.24) is 15.5 Å². The molecule has 0 radical (unpaired) electrons. The van der Waals surface area contributed by atoms with Gasteiger partial charge in [-0.15, -0.1) is 0 Å². The highest BCUT2D eigenvalue weighted by Gasteiger charge is 2.44. The number of hydrogen-bond donors (Lipinski definition) is 6. The summed E-state index contributed by atoms with van der Waals surface area (Å²) >= 11 is 0. The van der Waals surface area contributed by atoms with Crippen molar-refractivity contribution in [1.29, 1.82) is 0 Å². The maximum absolute atomic E-state index is 13.1. The molecule has 1 heterocycles. The average Bonchev–Trinajstić information content (AvgIpc) is 3.49. The molecule has 42 heavy (non-hydrogen) atoms. The maximum atomic E-state index is 13.1. The first-order valence-electron chi connectivity index (χ1n) is 16.1. The van der Waals surface area contributed by atoms with Crippen molar-refractivity contribution in [3.63, 3.8) is 0 Å². The van der Waals surface area contributed by atoms with Crippen LogP contribution in [-0.2, 0) is 0 Å². The van der Waals surface area contributed by atoms with Gasteiger partial charge in [-0.2, -0.15) is 0 Å². The smallest absolute Gasteiger partial charge is 0.255 e. The van der Waals surface area contributed by atoms with E-state index < -0.39 is 5.60 Å². The minimum Gasteiger partial charge on any atom is -0.493 e. The van der Waals surface area contributed by atoms with E-state index in [0.29, 0.717) is 42.6 Å². The number of rotatable bonds is 21. The number of aliphatic hydroxyl groups is 1. The number of nitrogens with one attached hydrogen (secondary N) is 2. The molecule has 0 spiro atoms. The van der Waals surface area contributed by atoms with E-state index in [1.54, 1.807) is 18.2 Å². The number of nitrogens with zero attached hydrogens (tertiary/aromatic N) is 2. The number of nitrogen functional groups attached to an aromatic ring is 1. The van der Waals surface area contributed by atoms with Crippen LogP contribution in [0.15, 0.2) is 23.2 Å². The third-order valence-corrected chi connectivity index (χ3v) is 8.38. The monoisotopic (exact) mass is 587 g/mol. The minimum absolute atomic E-state index is 0.0958. The Hall–Kier alpha value is -2.56. The van der Waals surface area contributed by atoms with E-state index in [-0.39, 0.29) is 17.3 Å². The van der Waals surface area contributed by atoms with Crippen LogP contribution < -0.4 is 32.6 Å². The molecule has 10 nitrogen and oxygen atoms in total. The van der Waals surface area contributed by atoms with Crippen LogP contribution in [-0.4, -0.2) is 79.9 Å².